The largest absolute Gasteiger partial charge is 0.324 e. The maximum Gasteiger partial charge on any atom is 0.261 e. The van der Waals surface area contributed by atoms with Gasteiger partial charge in [-0.25, -0.2) is 0 Å². The number of benzene rings is 4. The second kappa shape index (κ2) is 21.5. The molecule has 49 heavy (non-hydrogen) atoms. The fraction of sp³-hybridized carbons (Fsp3) is 0.262. The molecule has 1 aliphatic heterocycles. The maximum atomic E-state index is 13.0. The number of unbranched alkanes of at least 4 members (excludes halogenated alkanes) is 1. The van der Waals surface area contributed by atoms with Crippen LogP contribution in [0.5, 0.6) is 0 Å². The summed E-state index contributed by atoms with van der Waals surface area (Å²) < 4.78 is 1.13. The fourth-order valence-electron chi connectivity index (χ4n) is 5.42. The van der Waals surface area contributed by atoms with Crippen molar-refractivity contribution in [3.8, 4) is 0 Å². The predicted molar refractivity (Wildman–Crippen MR) is 213 cm³/mol. The third kappa shape index (κ3) is 12.7. The van der Waals surface area contributed by atoms with Crippen molar-refractivity contribution in [1.29, 1.82) is 0 Å². The Kier molecular flexibility index (Phi) is 17.5. The molecule has 4 atom stereocenters. The summed E-state index contributed by atoms with van der Waals surface area (Å²) in [5.41, 5.74) is 4.74. The third-order valence-corrected chi connectivity index (χ3v) is 9.86. The first-order valence-electron chi connectivity index (χ1n) is 16.7. The van der Waals surface area contributed by atoms with Crippen molar-refractivity contribution in [2.24, 2.45) is 10.9 Å². The summed E-state index contributed by atoms with van der Waals surface area (Å²) in [6, 6.07) is 41.4. The van der Waals surface area contributed by atoms with Gasteiger partial charge in [0, 0.05) is 12.1 Å². The first-order valence-corrected chi connectivity index (χ1v) is 18.6. The van der Waals surface area contributed by atoms with Crippen LogP contribution in [-0.4, -0.2) is 22.3 Å². The Morgan fingerprint density at radius 3 is 1.86 bits per heavy atom. The van der Waals surface area contributed by atoms with Crippen molar-refractivity contribution in [2.75, 3.05) is 0 Å². The van der Waals surface area contributed by atoms with Gasteiger partial charge in [-0.15, -0.1) is 0 Å². The Labute approximate surface area is 314 Å². The summed E-state index contributed by atoms with van der Waals surface area (Å²) in [5, 5.41) is -0.427. The molecule has 256 valence electrons. The molecule has 4 aromatic rings. The molecule has 0 unspecified atom stereocenters. The van der Waals surface area contributed by atoms with E-state index in [2.05, 4.69) is 112 Å². The van der Waals surface area contributed by atoms with Crippen LogP contribution in [-0.2, 0) is 9.59 Å². The Morgan fingerprint density at radius 2 is 1.35 bits per heavy atom. The Morgan fingerprint density at radius 1 is 0.837 bits per heavy atom. The van der Waals surface area contributed by atoms with Crippen LogP contribution in [0.15, 0.2) is 147 Å². The zero-order valence-corrected chi connectivity index (χ0v) is 32.5. The summed E-state index contributed by atoms with van der Waals surface area (Å²) in [5.74, 6) is 0.357. The van der Waals surface area contributed by atoms with Gasteiger partial charge in [0.2, 0.25) is 0 Å². The standard InChI is InChI=1S/C21H22BrNO.C15H15N.C6H8BrClO/c1-3-16-14-19(22)21(24)23(15(2)17-10-6-4-7-11-17)20(16)18-12-8-5-9-13-18;1-13(15-10-6-3-7-11-15)16-12-14-8-4-2-5-9-14;1-2-3-4-5(7)6(8)9/h4-16,20H,3H2,1-2H3;2-13H,1H3;4H,2-3H2,1H3/b;;5-4-/t15-,16-,20-;13-;/m00./s1. The van der Waals surface area contributed by atoms with Crippen LogP contribution in [0.25, 0.3) is 0 Å². The van der Waals surface area contributed by atoms with Gasteiger partial charge >= 0.3 is 0 Å². The molecule has 0 N–H and O–H groups in total. The average Bonchev–Trinajstić information content (AvgIpc) is 3.15. The highest BCUT2D eigenvalue weighted by atomic mass is 79.9. The zero-order chi connectivity index (χ0) is 35.6. The van der Waals surface area contributed by atoms with Crippen molar-refractivity contribution in [1.82, 2.24) is 4.90 Å². The molecule has 1 heterocycles. The lowest BCUT2D eigenvalue weighted by molar-refractivity contribution is -0.133. The lowest BCUT2D eigenvalue weighted by atomic mass is 9.85. The molecule has 1 aliphatic rings. The van der Waals surface area contributed by atoms with Gasteiger partial charge < -0.3 is 4.90 Å². The minimum atomic E-state index is -0.427. The van der Waals surface area contributed by atoms with E-state index in [1.807, 2.05) is 90.8 Å². The van der Waals surface area contributed by atoms with Crippen molar-refractivity contribution in [3.05, 3.63) is 165 Å². The lowest BCUT2D eigenvalue weighted by Gasteiger charge is -2.43. The van der Waals surface area contributed by atoms with Gasteiger partial charge in [0.25, 0.3) is 11.1 Å². The number of aliphatic imine (C=N–C) groups is 1. The number of rotatable bonds is 10. The molecule has 0 saturated carbocycles. The molecule has 4 nitrogen and oxygen atoms in total. The summed E-state index contributed by atoms with van der Waals surface area (Å²) >= 11 is 11.6. The van der Waals surface area contributed by atoms with Crippen LogP contribution in [0.2, 0.25) is 0 Å². The molecular weight excluding hydrogens is 760 g/mol. The highest BCUT2D eigenvalue weighted by molar-refractivity contribution is 9.12. The lowest BCUT2D eigenvalue weighted by Crippen LogP contribution is -2.43. The summed E-state index contributed by atoms with van der Waals surface area (Å²) in [7, 11) is 0. The van der Waals surface area contributed by atoms with E-state index >= 15 is 0 Å². The molecule has 0 bridgehead atoms. The van der Waals surface area contributed by atoms with E-state index < -0.39 is 5.24 Å². The SMILES string of the molecule is CCC/C=C(\Br)C(=O)Cl.CC[C@H]1C=C(Br)C(=O)N([C@@H](C)c2ccccc2)[C@@H]1c1ccccc1.C[C@H](N=Cc1ccccc1)c1ccccc1. The van der Waals surface area contributed by atoms with Crippen molar-refractivity contribution < 1.29 is 9.59 Å². The molecule has 0 saturated heterocycles. The average molecular weight is 805 g/mol. The van der Waals surface area contributed by atoms with Gasteiger partial charge in [0.05, 0.1) is 27.1 Å². The van der Waals surface area contributed by atoms with E-state index in [1.54, 1.807) is 6.08 Å². The molecule has 5 rings (SSSR count). The summed E-state index contributed by atoms with van der Waals surface area (Å²) in [4.78, 5) is 29.9. The first-order chi connectivity index (χ1) is 23.7. The molecule has 0 fully saturated rings. The fourth-order valence-corrected chi connectivity index (χ4v) is 6.27. The van der Waals surface area contributed by atoms with Crippen molar-refractivity contribution in [2.45, 2.75) is 65.1 Å². The summed E-state index contributed by atoms with van der Waals surface area (Å²) in [6.45, 7) is 8.43. The van der Waals surface area contributed by atoms with E-state index in [0.717, 1.165) is 30.4 Å². The quantitative estimate of drug-likeness (QED) is 0.0911. The van der Waals surface area contributed by atoms with Crippen molar-refractivity contribution >= 4 is 60.8 Å². The molecule has 0 radical (unpaired) electrons. The Balaban J connectivity index is 0.000000224. The van der Waals surface area contributed by atoms with Gasteiger partial charge in [-0.3, -0.25) is 14.6 Å². The van der Waals surface area contributed by atoms with Crippen molar-refractivity contribution in [3.63, 3.8) is 0 Å². The maximum absolute atomic E-state index is 13.0. The van der Waals surface area contributed by atoms with E-state index in [-0.39, 0.29) is 24.0 Å². The number of carbonyl (C=O) groups excluding carboxylic acids is 2. The topological polar surface area (TPSA) is 49.7 Å². The van der Waals surface area contributed by atoms with Crippen LogP contribution in [0.1, 0.15) is 87.3 Å². The smallest absolute Gasteiger partial charge is 0.261 e. The second-order valence-electron chi connectivity index (χ2n) is 11.6. The number of halogens is 3. The third-order valence-electron chi connectivity index (χ3n) is 8.14. The van der Waals surface area contributed by atoms with E-state index in [0.29, 0.717) is 14.9 Å². The van der Waals surface area contributed by atoms with Crippen LogP contribution in [0.4, 0.5) is 0 Å². The molecule has 0 aliphatic carbocycles. The molecule has 1 amide bonds. The number of carbonyl (C=O) groups is 2. The van der Waals surface area contributed by atoms with Crippen LogP contribution in [0, 0.1) is 5.92 Å². The van der Waals surface area contributed by atoms with Gasteiger partial charge in [-0.1, -0.05) is 154 Å². The van der Waals surface area contributed by atoms with Gasteiger partial charge in [0.15, 0.2) is 0 Å². The first kappa shape index (κ1) is 39.9. The number of hydrogen-bond donors (Lipinski definition) is 0. The number of allylic oxidation sites excluding steroid dienone is 2. The van der Waals surface area contributed by atoms with Gasteiger partial charge in [0.1, 0.15) is 0 Å². The van der Waals surface area contributed by atoms with Crippen LogP contribution < -0.4 is 0 Å². The van der Waals surface area contributed by atoms with Crippen LogP contribution in [0.3, 0.4) is 0 Å². The molecular formula is C42H45Br2ClN2O2. The van der Waals surface area contributed by atoms with Crippen LogP contribution >= 0.6 is 43.5 Å². The number of amides is 1. The number of hydrogen-bond acceptors (Lipinski definition) is 3. The highest BCUT2D eigenvalue weighted by Crippen LogP contribution is 2.43. The van der Waals surface area contributed by atoms with Gasteiger partial charge in [-0.2, -0.15) is 0 Å². The molecule has 0 aromatic heterocycles. The molecule has 7 heteroatoms. The minimum absolute atomic E-state index is 0.0132. The Bertz CT molecular complexity index is 1660. The monoisotopic (exact) mass is 802 g/mol. The Hall–Kier alpha value is -3.58. The van der Waals surface area contributed by atoms with Gasteiger partial charge in [-0.05, 0) is 92.4 Å². The predicted octanol–water partition coefficient (Wildman–Crippen LogP) is 12.3. The normalized spacial score (nSPS) is 17.2. The summed E-state index contributed by atoms with van der Waals surface area (Å²) in [6.07, 6.45) is 8.68. The van der Waals surface area contributed by atoms with E-state index in [4.69, 9.17) is 11.6 Å². The highest BCUT2D eigenvalue weighted by Gasteiger charge is 2.38. The molecule has 4 aromatic carbocycles. The van der Waals surface area contributed by atoms with E-state index in [9.17, 15) is 9.59 Å². The van der Waals surface area contributed by atoms with E-state index in [1.165, 1.54) is 11.1 Å². The number of nitrogens with zero attached hydrogens (tertiary/aromatic N) is 2. The minimum Gasteiger partial charge on any atom is -0.324 e. The zero-order valence-electron chi connectivity index (χ0n) is 28.6. The molecule has 0 spiro atoms. The second-order valence-corrected chi connectivity index (χ2v) is 13.7.